The molecule has 0 bridgehead atoms. The third kappa shape index (κ3) is 5.14. The summed E-state index contributed by atoms with van der Waals surface area (Å²) in [6.45, 7) is 4.33. The molecule has 0 radical (unpaired) electrons. The number of para-hydroxylation sites is 3. The summed E-state index contributed by atoms with van der Waals surface area (Å²) in [5, 5.41) is 15.1. The Balaban J connectivity index is 1.47. The highest BCUT2D eigenvalue weighted by atomic mass is 32.2. The zero-order valence-electron chi connectivity index (χ0n) is 23.5. The number of hydrogen-bond acceptors (Lipinski definition) is 6. The highest BCUT2D eigenvalue weighted by molar-refractivity contribution is 7.89. The zero-order chi connectivity index (χ0) is 29.4. The lowest BCUT2D eigenvalue weighted by molar-refractivity contribution is -0.0440. The highest BCUT2D eigenvalue weighted by Crippen LogP contribution is 2.31. The van der Waals surface area contributed by atoms with Crippen LogP contribution >= 0.6 is 0 Å². The number of fused-ring (bicyclic) bond motifs is 1. The molecule has 2 atom stereocenters. The van der Waals surface area contributed by atoms with Crippen molar-refractivity contribution >= 4 is 32.7 Å². The van der Waals surface area contributed by atoms with Crippen LogP contribution in [0, 0.1) is 11.3 Å². The average molecular weight is 579 g/mol. The predicted molar refractivity (Wildman–Crippen MR) is 162 cm³/mol. The normalized spacial score (nSPS) is 18.3. The predicted octanol–water partition coefficient (Wildman–Crippen LogP) is 5.29. The van der Waals surface area contributed by atoms with E-state index in [1.165, 1.54) is 4.31 Å². The number of ether oxygens (including phenoxy) is 1. The minimum Gasteiger partial charge on any atom is -0.373 e. The van der Waals surface area contributed by atoms with Gasteiger partial charge in [0.15, 0.2) is 5.82 Å². The van der Waals surface area contributed by atoms with Crippen LogP contribution in [0.5, 0.6) is 0 Å². The van der Waals surface area contributed by atoms with Crippen LogP contribution in [-0.2, 0) is 21.8 Å². The largest absolute Gasteiger partial charge is 0.373 e. The van der Waals surface area contributed by atoms with Crippen molar-refractivity contribution < 1.29 is 13.2 Å². The molecule has 1 fully saturated rings. The van der Waals surface area contributed by atoms with Gasteiger partial charge in [0.1, 0.15) is 11.8 Å². The topological polar surface area (TPSA) is 106 Å². The molecule has 0 amide bonds. The Morgan fingerprint density at radius 3 is 2.43 bits per heavy atom. The molecule has 10 heteroatoms. The molecule has 0 aliphatic carbocycles. The van der Waals surface area contributed by atoms with Gasteiger partial charge in [0.25, 0.3) is 0 Å². The van der Waals surface area contributed by atoms with Gasteiger partial charge in [-0.3, -0.25) is 0 Å². The second-order valence-electron chi connectivity index (χ2n) is 10.5. The Bertz CT molecular complexity index is 1940. The van der Waals surface area contributed by atoms with Crippen molar-refractivity contribution in [1.29, 1.82) is 5.26 Å². The van der Waals surface area contributed by atoms with E-state index in [0.717, 1.165) is 16.7 Å². The van der Waals surface area contributed by atoms with Crippen LogP contribution < -0.4 is 0 Å². The fourth-order valence-electron chi connectivity index (χ4n) is 5.40. The van der Waals surface area contributed by atoms with E-state index in [1.54, 1.807) is 29.0 Å². The molecule has 9 nitrogen and oxygen atoms in total. The number of nitrogens with zero attached hydrogens (tertiary/aromatic N) is 6. The molecular formula is C32H30N6O3S. The molecule has 5 aromatic rings. The Hall–Kier alpha value is -4.56. The summed E-state index contributed by atoms with van der Waals surface area (Å²) < 4.78 is 38.2. The number of aryl methyl sites for hydroxylation is 1. The SMILES string of the molecule is CC1CN(S(=O)(=O)c2cccc(-c3nn(-c4ccccc4)cc3C=C(C#N)c3nc4ccccc4n3C)c2)CC(C)O1. The molecule has 3 heterocycles. The van der Waals surface area contributed by atoms with Crippen LogP contribution in [0.4, 0.5) is 0 Å². The molecule has 42 heavy (non-hydrogen) atoms. The number of nitriles is 1. The molecule has 3 aromatic carbocycles. The molecule has 0 saturated carbocycles. The van der Waals surface area contributed by atoms with Crippen molar-refractivity contribution in [3.05, 3.63) is 96.4 Å². The van der Waals surface area contributed by atoms with Crippen LogP contribution in [0.15, 0.2) is 90.0 Å². The Kier molecular flexibility index (Phi) is 7.24. The van der Waals surface area contributed by atoms with Crippen LogP contribution in [0.1, 0.15) is 25.2 Å². The fourth-order valence-corrected chi connectivity index (χ4v) is 7.04. The first-order valence-corrected chi connectivity index (χ1v) is 15.1. The van der Waals surface area contributed by atoms with E-state index in [4.69, 9.17) is 14.8 Å². The van der Waals surface area contributed by atoms with Gasteiger partial charge in [0.05, 0.1) is 39.4 Å². The van der Waals surface area contributed by atoms with Gasteiger partial charge in [-0.2, -0.15) is 14.7 Å². The van der Waals surface area contributed by atoms with E-state index in [9.17, 15) is 13.7 Å². The van der Waals surface area contributed by atoms with Crippen molar-refractivity contribution in [1.82, 2.24) is 23.6 Å². The maximum atomic E-state index is 13.7. The third-order valence-corrected chi connectivity index (χ3v) is 9.17. The van der Waals surface area contributed by atoms with Crippen LogP contribution in [-0.4, -0.2) is 57.4 Å². The summed E-state index contributed by atoms with van der Waals surface area (Å²) in [5.74, 6) is 0.531. The van der Waals surface area contributed by atoms with Crippen molar-refractivity contribution in [2.75, 3.05) is 13.1 Å². The molecule has 2 unspecified atom stereocenters. The Morgan fingerprint density at radius 2 is 1.71 bits per heavy atom. The lowest BCUT2D eigenvalue weighted by Gasteiger charge is -2.34. The van der Waals surface area contributed by atoms with E-state index in [0.29, 0.717) is 28.2 Å². The Morgan fingerprint density at radius 1 is 1.00 bits per heavy atom. The van der Waals surface area contributed by atoms with Crippen molar-refractivity contribution in [2.45, 2.75) is 31.0 Å². The fraction of sp³-hybridized carbons (Fsp3) is 0.219. The smallest absolute Gasteiger partial charge is 0.243 e. The standard InChI is InChI=1S/C32H30N6O3S/c1-22-19-37(20-23(2)41-22)42(39,40)28-13-9-10-24(17-28)31-26(21-38(35-31)27-11-5-4-6-12-27)16-25(18-33)32-34-29-14-7-8-15-30(29)36(32)3/h4-17,21-23H,19-20H2,1-3H3. The van der Waals surface area contributed by atoms with Gasteiger partial charge in [-0.1, -0.05) is 42.5 Å². The van der Waals surface area contributed by atoms with Gasteiger partial charge in [-0.15, -0.1) is 0 Å². The molecular weight excluding hydrogens is 548 g/mol. The van der Waals surface area contributed by atoms with Gasteiger partial charge < -0.3 is 9.30 Å². The van der Waals surface area contributed by atoms with Crippen LogP contribution in [0.25, 0.3) is 39.6 Å². The van der Waals surface area contributed by atoms with E-state index in [2.05, 4.69) is 6.07 Å². The average Bonchev–Trinajstić information content (AvgIpc) is 3.57. The lowest BCUT2D eigenvalue weighted by Crippen LogP contribution is -2.48. The minimum absolute atomic E-state index is 0.182. The van der Waals surface area contributed by atoms with Gasteiger partial charge >= 0.3 is 0 Å². The molecule has 0 N–H and O–H groups in total. The molecule has 212 valence electrons. The third-order valence-electron chi connectivity index (χ3n) is 7.34. The number of morpholine rings is 1. The summed E-state index contributed by atoms with van der Waals surface area (Å²) in [7, 11) is -1.89. The number of hydrogen-bond donors (Lipinski definition) is 0. The number of imidazole rings is 1. The summed E-state index contributed by atoms with van der Waals surface area (Å²) in [4.78, 5) is 4.89. The number of allylic oxidation sites excluding steroid dienone is 1. The summed E-state index contributed by atoms with van der Waals surface area (Å²) in [6.07, 6.45) is 3.21. The first kappa shape index (κ1) is 27.6. The maximum absolute atomic E-state index is 13.7. The van der Waals surface area contributed by atoms with Gasteiger partial charge in [0, 0.05) is 37.5 Å². The van der Waals surface area contributed by atoms with Crippen LogP contribution in [0.2, 0.25) is 0 Å². The zero-order valence-corrected chi connectivity index (χ0v) is 24.4. The number of sulfonamides is 1. The van der Waals surface area contributed by atoms with Crippen molar-refractivity contribution in [2.24, 2.45) is 7.05 Å². The monoisotopic (exact) mass is 578 g/mol. The molecule has 1 aliphatic rings. The van der Waals surface area contributed by atoms with Crippen LogP contribution in [0.3, 0.4) is 0 Å². The van der Waals surface area contributed by atoms with Gasteiger partial charge in [0.2, 0.25) is 10.0 Å². The van der Waals surface area contributed by atoms with E-state index >= 15 is 0 Å². The molecule has 6 rings (SSSR count). The molecule has 1 saturated heterocycles. The molecule has 1 aliphatic heterocycles. The number of aromatic nitrogens is 4. The maximum Gasteiger partial charge on any atom is 0.243 e. The first-order chi connectivity index (χ1) is 20.2. The Labute approximate surface area is 245 Å². The van der Waals surface area contributed by atoms with Crippen molar-refractivity contribution in [3.8, 4) is 23.0 Å². The van der Waals surface area contributed by atoms with Crippen molar-refractivity contribution in [3.63, 3.8) is 0 Å². The summed E-state index contributed by atoms with van der Waals surface area (Å²) >= 11 is 0. The highest BCUT2D eigenvalue weighted by Gasteiger charge is 2.32. The summed E-state index contributed by atoms with van der Waals surface area (Å²) in [5.41, 5.74) is 4.73. The van der Waals surface area contributed by atoms with Gasteiger partial charge in [-0.25, -0.2) is 18.1 Å². The number of rotatable bonds is 6. The minimum atomic E-state index is -3.77. The first-order valence-electron chi connectivity index (χ1n) is 13.7. The summed E-state index contributed by atoms with van der Waals surface area (Å²) in [6, 6.07) is 26.5. The quantitative estimate of drug-likeness (QED) is 0.254. The van der Waals surface area contributed by atoms with E-state index < -0.39 is 10.0 Å². The number of benzene rings is 3. The second kappa shape index (κ2) is 11.0. The second-order valence-corrected chi connectivity index (χ2v) is 12.4. The molecule has 2 aromatic heterocycles. The molecule has 0 spiro atoms. The van der Waals surface area contributed by atoms with E-state index in [-0.39, 0.29) is 30.2 Å². The van der Waals surface area contributed by atoms with E-state index in [1.807, 2.05) is 92.3 Å². The lowest BCUT2D eigenvalue weighted by atomic mass is 10.1. The van der Waals surface area contributed by atoms with Gasteiger partial charge in [-0.05, 0) is 56.3 Å².